The Morgan fingerprint density at radius 1 is 1.06 bits per heavy atom. The molecule has 1 saturated heterocycles. The molecule has 1 amide bonds. The number of carbonyl (C=O) groups excluding carboxylic acids is 1. The van der Waals surface area contributed by atoms with Crippen molar-refractivity contribution in [2.24, 2.45) is 11.1 Å². The van der Waals surface area contributed by atoms with Crippen molar-refractivity contribution in [3.05, 3.63) is 59.3 Å². The number of halogens is 3. The number of nitrogens with one attached hydrogen (secondary N) is 1. The minimum atomic E-state index is -4.50. The van der Waals surface area contributed by atoms with E-state index >= 15 is 0 Å². The predicted octanol–water partition coefficient (Wildman–Crippen LogP) is 5.46. The molecule has 5 rings (SSSR count). The Kier molecular flexibility index (Phi) is 6.90. The van der Waals surface area contributed by atoms with Gasteiger partial charge in [0.1, 0.15) is 17.1 Å². The Bertz CT molecular complexity index is 1110. The minimum Gasteiger partial charge on any atom is -0.389 e. The van der Waals surface area contributed by atoms with Crippen LogP contribution in [0.5, 0.6) is 0 Å². The highest BCUT2D eigenvalue weighted by atomic mass is 19.4. The molecular weight excluding hydrogens is 469 g/mol. The fourth-order valence-corrected chi connectivity index (χ4v) is 5.46. The lowest BCUT2D eigenvalue weighted by molar-refractivity contribution is -0.141. The number of nitrogens with zero attached hydrogens (tertiary/aromatic N) is 3. The van der Waals surface area contributed by atoms with Crippen molar-refractivity contribution in [3.8, 4) is 0 Å². The molecule has 36 heavy (non-hydrogen) atoms. The van der Waals surface area contributed by atoms with E-state index < -0.39 is 11.9 Å². The van der Waals surface area contributed by atoms with Gasteiger partial charge in [-0.15, -0.1) is 0 Å². The third kappa shape index (κ3) is 5.34. The van der Waals surface area contributed by atoms with Crippen LogP contribution in [0.15, 0.2) is 47.6 Å². The molecule has 0 radical (unpaired) electrons. The maximum atomic E-state index is 13.3. The number of benzene rings is 1. The van der Waals surface area contributed by atoms with Crippen LogP contribution in [-0.2, 0) is 22.4 Å². The second-order valence-electron chi connectivity index (χ2n) is 10.1. The van der Waals surface area contributed by atoms with Crippen molar-refractivity contribution in [2.75, 3.05) is 18.0 Å². The van der Waals surface area contributed by atoms with Crippen LogP contribution in [0.3, 0.4) is 0 Å². The fourth-order valence-electron chi connectivity index (χ4n) is 5.46. The number of hydrogen-bond donors (Lipinski definition) is 1. The molecule has 2 aliphatic heterocycles. The lowest BCUT2D eigenvalue weighted by Gasteiger charge is -2.34. The van der Waals surface area contributed by atoms with Crippen LogP contribution in [-0.4, -0.2) is 35.3 Å². The summed E-state index contributed by atoms with van der Waals surface area (Å²) in [4.78, 5) is 24.7. The summed E-state index contributed by atoms with van der Waals surface area (Å²) >= 11 is 0. The molecular formula is C27H31F3N4O2. The Morgan fingerprint density at radius 3 is 2.47 bits per heavy atom. The normalized spacial score (nSPS) is 24.4. The molecule has 2 aromatic rings. The summed E-state index contributed by atoms with van der Waals surface area (Å²) in [6, 6.07) is 12.4. The fraction of sp³-hybridized carbons (Fsp3) is 0.519. The van der Waals surface area contributed by atoms with Crippen LogP contribution < -0.4 is 10.2 Å². The van der Waals surface area contributed by atoms with E-state index in [9.17, 15) is 18.0 Å². The van der Waals surface area contributed by atoms with E-state index in [1.807, 2.05) is 35.2 Å². The van der Waals surface area contributed by atoms with Gasteiger partial charge in [-0.25, -0.2) is 4.98 Å². The average Bonchev–Trinajstić information content (AvgIpc) is 3.31. The zero-order valence-electron chi connectivity index (χ0n) is 20.2. The molecule has 9 heteroatoms. The standard InChI is InChI=1S/C27H31F3N4O2/c28-27(29,30)23-10-9-21(24(32-23)34-15-5-2-6-16-34)18-31-25(35)20-11-13-26(14-12-20)17-22(33-36-26)19-7-3-1-4-8-19/h1,3-4,7-10,20H,2,5-6,11-18H2,(H,31,35). The minimum absolute atomic E-state index is 0.0726. The Morgan fingerprint density at radius 2 is 1.78 bits per heavy atom. The van der Waals surface area contributed by atoms with Gasteiger partial charge in [0.05, 0.1) is 5.71 Å². The maximum Gasteiger partial charge on any atom is 0.433 e. The third-order valence-electron chi connectivity index (χ3n) is 7.57. The predicted molar refractivity (Wildman–Crippen MR) is 131 cm³/mol. The lowest BCUT2D eigenvalue weighted by Crippen LogP contribution is -2.40. The molecule has 1 spiro atoms. The number of hydrogen-bond acceptors (Lipinski definition) is 5. The smallest absolute Gasteiger partial charge is 0.389 e. The number of anilines is 1. The number of pyridine rings is 1. The lowest BCUT2D eigenvalue weighted by atomic mass is 9.76. The molecule has 1 N–H and O–H groups in total. The van der Waals surface area contributed by atoms with E-state index in [-0.39, 0.29) is 24.0 Å². The van der Waals surface area contributed by atoms with Crippen molar-refractivity contribution in [1.82, 2.24) is 10.3 Å². The highest BCUT2D eigenvalue weighted by Crippen LogP contribution is 2.41. The van der Waals surface area contributed by atoms with E-state index in [1.165, 1.54) is 6.07 Å². The van der Waals surface area contributed by atoms with E-state index in [0.717, 1.165) is 55.9 Å². The summed E-state index contributed by atoms with van der Waals surface area (Å²) in [5.74, 6) is 0.106. The van der Waals surface area contributed by atoms with Crippen molar-refractivity contribution >= 4 is 17.4 Å². The van der Waals surface area contributed by atoms with Crippen LogP contribution in [0.4, 0.5) is 19.0 Å². The zero-order valence-corrected chi connectivity index (χ0v) is 20.2. The number of alkyl halides is 3. The van der Waals surface area contributed by atoms with E-state index in [1.54, 1.807) is 0 Å². The quantitative estimate of drug-likeness (QED) is 0.592. The first-order valence-corrected chi connectivity index (χ1v) is 12.7. The number of amides is 1. The molecule has 1 aliphatic carbocycles. The molecule has 6 nitrogen and oxygen atoms in total. The summed E-state index contributed by atoms with van der Waals surface area (Å²) in [6.07, 6.45) is 2.00. The molecule has 3 aliphatic rings. The highest BCUT2D eigenvalue weighted by Gasteiger charge is 2.44. The SMILES string of the molecule is O=C(NCc1ccc(C(F)(F)F)nc1N1CCCCC1)C1CCC2(CC1)CC(c1ccccc1)=NO2. The Labute approximate surface area is 208 Å². The van der Waals surface area contributed by atoms with Crippen LogP contribution >= 0.6 is 0 Å². The van der Waals surface area contributed by atoms with Gasteiger partial charge in [-0.3, -0.25) is 4.79 Å². The first-order chi connectivity index (χ1) is 17.3. The first-order valence-electron chi connectivity index (χ1n) is 12.7. The first kappa shape index (κ1) is 24.6. The maximum absolute atomic E-state index is 13.3. The van der Waals surface area contributed by atoms with Gasteiger partial charge in [-0.2, -0.15) is 13.2 Å². The molecule has 2 fully saturated rings. The zero-order chi connectivity index (χ0) is 25.2. The van der Waals surface area contributed by atoms with Gasteiger partial charge in [-0.05, 0) is 56.6 Å². The van der Waals surface area contributed by atoms with Gasteiger partial charge in [-0.1, -0.05) is 41.6 Å². The van der Waals surface area contributed by atoms with Gasteiger partial charge in [0.15, 0.2) is 0 Å². The summed E-state index contributed by atoms with van der Waals surface area (Å²) in [6.45, 7) is 1.51. The van der Waals surface area contributed by atoms with Crippen molar-refractivity contribution in [1.29, 1.82) is 0 Å². The van der Waals surface area contributed by atoms with Crippen LogP contribution in [0.1, 0.15) is 68.2 Å². The Balaban J connectivity index is 1.19. The number of piperidine rings is 1. The molecule has 0 unspecified atom stereocenters. The van der Waals surface area contributed by atoms with E-state index in [2.05, 4.69) is 15.5 Å². The van der Waals surface area contributed by atoms with Crippen LogP contribution in [0.2, 0.25) is 0 Å². The number of rotatable bonds is 5. The van der Waals surface area contributed by atoms with E-state index in [0.29, 0.717) is 37.3 Å². The number of oxime groups is 1. The monoisotopic (exact) mass is 500 g/mol. The molecule has 1 aromatic carbocycles. The van der Waals surface area contributed by atoms with Crippen LogP contribution in [0.25, 0.3) is 0 Å². The van der Waals surface area contributed by atoms with Crippen molar-refractivity contribution < 1.29 is 22.8 Å². The van der Waals surface area contributed by atoms with Gasteiger partial charge >= 0.3 is 6.18 Å². The molecule has 1 aromatic heterocycles. The molecule has 192 valence electrons. The molecule has 0 bridgehead atoms. The van der Waals surface area contributed by atoms with Gasteiger partial charge in [0, 0.05) is 37.5 Å². The number of aromatic nitrogens is 1. The summed E-state index contributed by atoms with van der Waals surface area (Å²) in [5.41, 5.74) is 1.37. The molecule has 3 heterocycles. The largest absolute Gasteiger partial charge is 0.433 e. The van der Waals surface area contributed by atoms with Crippen molar-refractivity contribution in [3.63, 3.8) is 0 Å². The van der Waals surface area contributed by atoms with Gasteiger partial charge < -0.3 is 15.1 Å². The summed E-state index contributed by atoms with van der Waals surface area (Å²) < 4.78 is 39.9. The number of carbonyl (C=O) groups is 1. The average molecular weight is 501 g/mol. The van der Waals surface area contributed by atoms with Gasteiger partial charge in [0.2, 0.25) is 5.91 Å². The third-order valence-corrected chi connectivity index (χ3v) is 7.57. The van der Waals surface area contributed by atoms with Gasteiger partial charge in [0.25, 0.3) is 0 Å². The highest BCUT2D eigenvalue weighted by molar-refractivity contribution is 6.01. The molecule has 0 atom stereocenters. The van der Waals surface area contributed by atoms with E-state index in [4.69, 9.17) is 4.84 Å². The molecule has 1 saturated carbocycles. The van der Waals surface area contributed by atoms with Crippen molar-refractivity contribution in [2.45, 2.75) is 69.7 Å². The summed E-state index contributed by atoms with van der Waals surface area (Å²) in [7, 11) is 0. The second kappa shape index (κ2) is 10.1. The topological polar surface area (TPSA) is 66.8 Å². The van der Waals surface area contributed by atoms with Crippen LogP contribution in [0, 0.1) is 5.92 Å². The second-order valence-corrected chi connectivity index (χ2v) is 10.1. The summed E-state index contributed by atoms with van der Waals surface area (Å²) in [5, 5.41) is 7.30. The Hall–Kier alpha value is -3.10.